The third kappa shape index (κ3) is 2.70. The van der Waals surface area contributed by atoms with Crippen LogP contribution in [0, 0.1) is 0 Å². The van der Waals surface area contributed by atoms with Crippen LogP contribution in [0.3, 0.4) is 0 Å². The molecule has 0 spiro atoms. The van der Waals surface area contributed by atoms with E-state index in [0.29, 0.717) is 0 Å². The van der Waals surface area contributed by atoms with Crippen LogP contribution in [0.4, 0.5) is 0 Å². The number of aromatic nitrogens is 1. The number of nitrogens with zero attached hydrogens (tertiary/aromatic N) is 1. The Hall–Kier alpha value is -1.09. The van der Waals surface area contributed by atoms with Gasteiger partial charge in [-0.15, -0.1) is 12.4 Å². The van der Waals surface area contributed by atoms with Gasteiger partial charge in [0.15, 0.2) is 0 Å². The largest absolute Gasteiger partial charge is 0.478 e. The molecule has 1 aromatic rings. The number of hydrogen-bond donors (Lipinski definition) is 1. The van der Waals surface area contributed by atoms with Crippen LogP contribution in [0.25, 0.3) is 0 Å². The standard InChI is InChI=1S/C10H13NO2.ClH/c1-3-7-5-8(10(12)13)6-11-9(7)4-2;/h5-6H,3-4H2,1-2H3,(H,12,13);1H. The van der Waals surface area contributed by atoms with E-state index in [1.54, 1.807) is 6.07 Å². The Balaban J connectivity index is 0.00000169. The first-order chi connectivity index (χ1) is 6.19. The fourth-order valence-electron chi connectivity index (χ4n) is 1.28. The summed E-state index contributed by atoms with van der Waals surface area (Å²) in [6.07, 6.45) is 3.10. The molecule has 0 aromatic carbocycles. The number of aromatic carboxylic acids is 1. The minimum absolute atomic E-state index is 0. The van der Waals surface area contributed by atoms with E-state index in [4.69, 9.17) is 5.11 Å². The van der Waals surface area contributed by atoms with Crippen molar-refractivity contribution in [3.05, 3.63) is 29.1 Å². The molecule has 1 heterocycles. The van der Waals surface area contributed by atoms with Crippen molar-refractivity contribution in [3.63, 3.8) is 0 Å². The third-order valence-electron chi connectivity index (χ3n) is 2.02. The summed E-state index contributed by atoms with van der Waals surface area (Å²) in [6.45, 7) is 4.02. The summed E-state index contributed by atoms with van der Waals surface area (Å²) < 4.78 is 0. The fraction of sp³-hybridized carbons (Fsp3) is 0.400. The van der Waals surface area contributed by atoms with E-state index in [-0.39, 0.29) is 18.0 Å². The second kappa shape index (κ2) is 5.60. The summed E-state index contributed by atoms with van der Waals surface area (Å²) in [7, 11) is 0. The van der Waals surface area contributed by atoms with E-state index in [1.165, 1.54) is 6.20 Å². The average molecular weight is 216 g/mol. The van der Waals surface area contributed by atoms with E-state index in [9.17, 15) is 4.79 Å². The first-order valence-corrected chi connectivity index (χ1v) is 4.40. The normalized spacial score (nSPS) is 9.29. The molecule has 78 valence electrons. The summed E-state index contributed by atoms with van der Waals surface area (Å²) in [5.41, 5.74) is 2.30. The van der Waals surface area contributed by atoms with Gasteiger partial charge in [-0.2, -0.15) is 0 Å². The van der Waals surface area contributed by atoms with Crippen LogP contribution >= 0.6 is 12.4 Å². The number of pyridine rings is 1. The van der Waals surface area contributed by atoms with Gasteiger partial charge in [0.2, 0.25) is 0 Å². The molecule has 1 rings (SSSR count). The van der Waals surface area contributed by atoms with Crippen molar-refractivity contribution < 1.29 is 9.90 Å². The molecular weight excluding hydrogens is 202 g/mol. The maximum Gasteiger partial charge on any atom is 0.337 e. The highest BCUT2D eigenvalue weighted by molar-refractivity contribution is 5.87. The van der Waals surface area contributed by atoms with Gasteiger partial charge in [0.1, 0.15) is 0 Å². The van der Waals surface area contributed by atoms with Crippen LogP contribution in [0.15, 0.2) is 12.3 Å². The second-order valence-electron chi connectivity index (χ2n) is 2.84. The second-order valence-corrected chi connectivity index (χ2v) is 2.84. The van der Waals surface area contributed by atoms with Crippen molar-refractivity contribution in [3.8, 4) is 0 Å². The highest BCUT2D eigenvalue weighted by Gasteiger charge is 2.06. The molecule has 0 bridgehead atoms. The van der Waals surface area contributed by atoms with Gasteiger partial charge in [-0.3, -0.25) is 4.98 Å². The molecule has 0 amide bonds. The summed E-state index contributed by atoms with van der Waals surface area (Å²) in [5, 5.41) is 8.73. The Morgan fingerprint density at radius 1 is 1.43 bits per heavy atom. The van der Waals surface area contributed by atoms with Gasteiger partial charge in [0.25, 0.3) is 0 Å². The summed E-state index contributed by atoms with van der Waals surface area (Å²) in [6, 6.07) is 1.70. The molecule has 4 heteroatoms. The summed E-state index contributed by atoms with van der Waals surface area (Å²) >= 11 is 0. The smallest absolute Gasteiger partial charge is 0.337 e. The fourth-order valence-corrected chi connectivity index (χ4v) is 1.28. The summed E-state index contributed by atoms with van der Waals surface area (Å²) in [4.78, 5) is 14.7. The van der Waals surface area contributed by atoms with Crippen molar-refractivity contribution in [1.29, 1.82) is 0 Å². The van der Waals surface area contributed by atoms with Gasteiger partial charge < -0.3 is 5.11 Å². The predicted octanol–water partition coefficient (Wildman–Crippen LogP) is 2.33. The minimum atomic E-state index is -0.912. The number of hydrogen-bond acceptors (Lipinski definition) is 2. The van der Waals surface area contributed by atoms with Crippen molar-refractivity contribution in [2.45, 2.75) is 26.7 Å². The molecule has 0 atom stereocenters. The first kappa shape index (κ1) is 12.9. The Kier molecular flexibility index (Phi) is 5.16. The Labute approximate surface area is 89.6 Å². The number of carboxylic acid groups (broad SMARTS) is 1. The van der Waals surface area contributed by atoms with Gasteiger partial charge in [-0.25, -0.2) is 4.79 Å². The van der Waals surface area contributed by atoms with Crippen LogP contribution in [0.2, 0.25) is 0 Å². The molecule has 0 radical (unpaired) electrons. The van der Waals surface area contributed by atoms with Crippen LogP contribution in [-0.2, 0) is 12.8 Å². The Morgan fingerprint density at radius 3 is 2.50 bits per heavy atom. The maximum absolute atomic E-state index is 10.6. The zero-order valence-corrected chi connectivity index (χ0v) is 9.10. The van der Waals surface area contributed by atoms with Crippen LogP contribution in [0.5, 0.6) is 0 Å². The zero-order valence-electron chi connectivity index (χ0n) is 8.28. The maximum atomic E-state index is 10.6. The van der Waals surface area contributed by atoms with Gasteiger partial charge in [0.05, 0.1) is 5.56 Å². The molecule has 0 aliphatic rings. The van der Waals surface area contributed by atoms with Crippen LogP contribution < -0.4 is 0 Å². The van der Waals surface area contributed by atoms with Crippen molar-refractivity contribution in [1.82, 2.24) is 4.98 Å². The lowest BCUT2D eigenvalue weighted by Gasteiger charge is -2.04. The lowest BCUT2D eigenvalue weighted by molar-refractivity contribution is 0.0696. The number of rotatable bonds is 3. The Bertz CT molecular complexity index is 326. The molecule has 3 nitrogen and oxygen atoms in total. The molecule has 0 aliphatic heterocycles. The molecule has 0 saturated carbocycles. The van der Waals surface area contributed by atoms with Crippen LogP contribution in [-0.4, -0.2) is 16.1 Å². The molecule has 0 aliphatic carbocycles. The lowest BCUT2D eigenvalue weighted by Crippen LogP contribution is -2.02. The molecule has 0 saturated heterocycles. The Morgan fingerprint density at radius 2 is 2.07 bits per heavy atom. The molecular formula is C10H14ClNO2. The molecule has 0 unspecified atom stereocenters. The number of carboxylic acids is 1. The monoisotopic (exact) mass is 215 g/mol. The first-order valence-electron chi connectivity index (χ1n) is 4.40. The highest BCUT2D eigenvalue weighted by Crippen LogP contribution is 2.10. The van der Waals surface area contributed by atoms with E-state index in [1.807, 2.05) is 13.8 Å². The minimum Gasteiger partial charge on any atom is -0.478 e. The molecule has 1 N–H and O–H groups in total. The summed E-state index contributed by atoms with van der Waals surface area (Å²) in [5.74, 6) is -0.912. The van der Waals surface area contributed by atoms with Crippen molar-refractivity contribution in [2.75, 3.05) is 0 Å². The number of halogens is 1. The van der Waals surface area contributed by atoms with Gasteiger partial charge >= 0.3 is 5.97 Å². The van der Waals surface area contributed by atoms with E-state index in [0.717, 1.165) is 24.1 Å². The third-order valence-corrected chi connectivity index (χ3v) is 2.02. The lowest BCUT2D eigenvalue weighted by atomic mass is 10.1. The zero-order chi connectivity index (χ0) is 9.84. The highest BCUT2D eigenvalue weighted by atomic mass is 35.5. The average Bonchev–Trinajstić information content (AvgIpc) is 2.16. The van der Waals surface area contributed by atoms with Crippen molar-refractivity contribution in [2.24, 2.45) is 0 Å². The number of carbonyl (C=O) groups is 1. The van der Waals surface area contributed by atoms with Crippen LogP contribution in [0.1, 0.15) is 35.5 Å². The predicted molar refractivity (Wildman–Crippen MR) is 57.2 cm³/mol. The van der Waals surface area contributed by atoms with E-state index < -0.39 is 5.97 Å². The molecule has 14 heavy (non-hydrogen) atoms. The SMILES string of the molecule is CCc1cc(C(=O)O)cnc1CC.Cl. The van der Waals surface area contributed by atoms with Gasteiger partial charge in [0, 0.05) is 11.9 Å². The topological polar surface area (TPSA) is 50.2 Å². The van der Waals surface area contributed by atoms with E-state index >= 15 is 0 Å². The van der Waals surface area contributed by atoms with E-state index in [2.05, 4.69) is 4.98 Å². The molecule has 1 aromatic heterocycles. The van der Waals surface area contributed by atoms with Gasteiger partial charge in [-0.05, 0) is 24.5 Å². The molecule has 0 fully saturated rings. The quantitative estimate of drug-likeness (QED) is 0.842. The number of aryl methyl sites for hydroxylation is 2. The van der Waals surface area contributed by atoms with Crippen molar-refractivity contribution >= 4 is 18.4 Å². The van der Waals surface area contributed by atoms with Gasteiger partial charge in [-0.1, -0.05) is 13.8 Å².